The second-order valence-electron chi connectivity index (χ2n) is 11.2. The fraction of sp³-hybridized carbons (Fsp3) is 0.394. The minimum atomic E-state index is -0.0157. The van der Waals surface area contributed by atoms with Gasteiger partial charge in [-0.15, -0.1) is 0 Å². The number of rotatable bonds is 7. The van der Waals surface area contributed by atoms with Gasteiger partial charge in [-0.1, -0.05) is 30.3 Å². The van der Waals surface area contributed by atoms with Gasteiger partial charge in [-0.2, -0.15) is 0 Å². The molecule has 1 aliphatic carbocycles. The Morgan fingerprint density at radius 1 is 0.923 bits per heavy atom. The minimum absolute atomic E-state index is 0.0143. The Kier molecular flexibility index (Phi) is 8.03. The van der Waals surface area contributed by atoms with Crippen LogP contribution in [0.1, 0.15) is 75.3 Å². The number of allylic oxidation sites excluding steroid dienone is 2. The van der Waals surface area contributed by atoms with E-state index in [1.54, 1.807) is 4.90 Å². The number of carbonyl (C=O) groups excluding carboxylic acids is 2. The fourth-order valence-corrected chi connectivity index (χ4v) is 5.84. The summed E-state index contributed by atoms with van der Waals surface area (Å²) in [6.07, 6.45) is 8.00. The number of anilines is 1. The molecule has 1 aromatic heterocycles. The first-order valence-corrected chi connectivity index (χ1v) is 14.1. The lowest BCUT2D eigenvalue weighted by molar-refractivity contribution is 0.0780. The topological polar surface area (TPSA) is 48.8 Å². The molecule has 0 unspecified atom stereocenters. The molecule has 6 heteroatoms. The highest BCUT2D eigenvalue weighted by molar-refractivity contribution is 6.07. The molecular formula is C33H40N4O2. The van der Waals surface area contributed by atoms with Crippen LogP contribution in [0, 0.1) is 6.92 Å². The predicted octanol–water partition coefficient (Wildman–Crippen LogP) is 5.99. The standard InChI is InChI=1S/C33H40N4O2/c1-24-21-26(15-17-29(24)25-11-6-5-7-12-25)32(38)37-23-28-16-18-31(33(39)35(4)20-10-19-34(2)3)36(28)22-27-13-8-9-14-30(27)37/h8-9,11,13-18,21H,5-7,10,12,19-20,22-23H2,1-4H3. The summed E-state index contributed by atoms with van der Waals surface area (Å²) in [7, 11) is 5.96. The van der Waals surface area contributed by atoms with Crippen molar-refractivity contribution in [3.8, 4) is 0 Å². The molecule has 2 amide bonds. The van der Waals surface area contributed by atoms with Crippen molar-refractivity contribution >= 4 is 23.1 Å². The van der Waals surface area contributed by atoms with Gasteiger partial charge in [0.2, 0.25) is 0 Å². The number of aryl methyl sites for hydroxylation is 1. The number of aromatic nitrogens is 1. The molecule has 2 heterocycles. The number of fused-ring (bicyclic) bond motifs is 2. The summed E-state index contributed by atoms with van der Waals surface area (Å²) in [5.41, 5.74) is 8.07. The smallest absolute Gasteiger partial charge is 0.270 e. The Labute approximate surface area is 232 Å². The summed E-state index contributed by atoms with van der Waals surface area (Å²) in [5, 5.41) is 0. The van der Waals surface area contributed by atoms with Crippen LogP contribution in [0.3, 0.4) is 0 Å². The maximum Gasteiger partial charge on any atom is 0.270 e. The highest BCUT2D eigenvalue weighted by Gasteiger charge is 2.28. The Morgan fingerprint density at radius 3 is 2.49 bits per heavy atom. The summed E-state index contributed by atoms with van der Waals surface area (Å²) < 4.78 is 2.08. The van der Waals surface area contributed by atoms with Crippen LogP contribution in [0.15, 0.2) is 60.7 Å². The third kappa shape index (κ3) is 5.71. The summed E-state index contributed by atoms with van der Waals surface area (Å²) >= 11 is 0. The highest BCUT2D eigenvalue weighted by atomic mass is 16.2. The molecule has 2 aliphatic rings. The van der Waals surface area contributed by atoms with Crippen molar-refractivity contribution in [1.82, 2.24) is 14.4 Å². The molecule has 0 spiro atoms. The number of hydrogen-bond donors (Lipinski definition) is 0. The second-order valence-corrected chi connectivity index (χ2v) is 11.2. The van der Waals surface area contributed by atoms with Gasteiger partial charge < -0.3 is 19.3 Å². The van der Waals surface area contributed by atoms with Gasteiger partial charge in [0.25, 0.3) is 11.8 Å². The van der Waals surface area contributed by atoms with Crippen molar-refractivity contribution in [3.05, 3.63) is 94.3 Å². The number of benzene rings is 2. The van der Waals surface area contributed by atoms with E-state index in [-0.39, 0.29) is 11.8 Å². The fourth-order valence-electron chi connectivity index (χ4n) is 5.84. The largest absolute Gasteiger partial charge is 0.340 e. The molecule has 0 saturated heterocycles. The molecule has 2 aromatic carbocycles. The van der Waals surface area contributed by atoms with Gasteiger partial charge in [-0.25, -0.2) is 0 Å². The molecule has 0 fully saturated rings. The Hall–Kier alpha value is -3.64. The number of amides is 2. The zero-order chi connectivity index (χ0) is 27.5. The molecule has 0 atom stereocenters. The quantitative estimate of drug-likeness (QED) is 0.382. The van der Waals surface area contributed by atoms with E-state index in [1.165, 1.54) is 24.0 Å². The minimum Gasteiger partial charge on any atom is -0.340 e. The zero-order valence-corrected chi connectivity index (χ0v) is 23.7. The first-order valence-electron chi connectivity index (χ1n) is 14.1. The summed E-state index contributed by atoms with van der Waals surface area (Å²) in [6, 6.07) is 18.1. The van der Waals surface area contributed by atoms with Crippen molar-refractivity contribution in [2.45, 2.75) is 52.1 Å². The van der Waals surface area contributed by atoms with Crippen molar-refractivity contribution in [3.63, 3.8) is 0 Å². The molecular weight excluding hydrogens is 484 g/mol. The molecule has 204 valence electrons. The van der Waals surface area contributed by atoms with Crippen molar-refractivity contribution in [2.24, 2.45) is 0 Å². The van der Waals surface area contributed by atoms with Crippen LogP contribution >= 0.6 is 0 Å². The normalized spacial score (nSPS) is 14.9. The first-order chi connectivity index (χ1) is 18.8. The first kappa shape index (κ1) is 26.9. The maximum atomic E-state index is 14.0. The molecule has 0 saturated carbocycles. The molecule has 0 bridgehead atoms. The average Bonchev–Trinajstić information content (AvgIpc) is 3.25. The number of carbonyl (C=O) groups is 2. The lowest BCUT2D eigenvalue weighted by atomic mass is 9.90. The van der Waals surface area contributed by atoms with E-state index in [9.17, 15) is 9.59 Å². The van der Waals surface area contributed by atoms with Crippen molar-refractivity contribution in [1.29, 1.82) is 0 Å². The summed E-state index contributed by atoms with van der Waals surface area (Å²) in [6.45, 7) is 4.72. The lowest BCUT2D eigenvalue weighted by Crippen LogP contribution is -2.32. The Balaban J connectivity index is 1.43. The maximum absolute atomic E-state index is 14.0. The SMILES string of the molecule is Cc1cc(C(=O)N2Cc3ccc(C(=O)N(C)CCCN(C)C)n3Cc3ccccc32)ccc1C1=CCCCC1. The molecule has 39 heavy (non-hydrogen) atoms. The predicted molar refractivity (Wildman–Crippen MR) is 158 cm³/mol. The summed E-state index contributed by atoms with van der Waals surface area (Å²) in [4.78, 5) is 33.2. The number of para-hydroxylation sites is 1. The van der Waals surface area contributed by atoms with E-state index in [2.05, 4.69) is 34.6 Å². The van der Waals surface area contributed by atoms with E-state index in [1.807, 2.05) is 68.5 Å². The molecule has 1 aliphatic heterocycles. The molecule has 6 nitrogen and oxygen atoms in total. The van der Waals surface area contributed by atoms with E-state index in [4.69, 9.17) is 0 Å². The second kappa shape index (κ2) is 11.6. The molecule has 5 rings (SSSR count). The van der Waals surface area contributed by atoms with Crippen LogP contribution in [-0.4, -0.2) is 60.4 Å². The van der Waals surface area contributed by atoms with Gasteiger partial charge in [-0.05, 0) is 112 Å². The Bertz CT molecular complexity index is 1400. The van der Waals surface area contributed by atoms with Crippen LogP contribution in [-0.2, 0) is 13.1 Å². The van der Waals surface area contributed by atoms with Gasteiger partial charge in [0, 0.05) is 30.5 Å². The number of hydrogen-bond acceptors (Lipinski definition) is 3. The Morgan fingerprint density at radius 2 is 1.74 bits per heavy atom. The van der Waals surface area contributed by atoms with Crippen molar-refractivity contribution in [2.75, 3.05) is 39.1 Å². The van der Waals surface area contributed by atoms with Crippen LogP contribution in [0.25, 0.3) is 5.57 Å². The molecule has 0 radical (unpaired) electrons. The van der Waals surface area contributed by atoms with Crippen LogP contribution in [0.4, 0.5) is 5.69 Å². The monoisotopic (exact) mass is 524 g/mol. The van der Waals surface area contributed by atoms with E-state index >= 15 is 0 Å². The van der Waals surface area contributed by atoms with Gasteiger partial charge in [0.1, 0.15) is 5.69 Å². The van der Waals surface area contributed by atoms with Crippen LogP contribution < -0.4 is 4.90 Å². The van der Waals surface area contributed by atoms with E-state index in [0.29, 0.717) is 30.9 Å². The van der Waals surface area contributed by atoms with Crippen molar-refractivity contribution < 1.29 is 9.59 Å². The van der Waals surface area contributed by atoms with Gasteiger partial charge in [-0.3, -0.25) is 9.59 Å². The lowest BCUT2D eigenvalue weighted by Gasteiger charge is -2.23. The molecule has 3 aromatic rings. The molecule has 0 N–H and O–H groups in total. The van der Waals surface area contributed by atoms with E-state index < -0.39 is 0 Å². The van der Waals surface area contributed by atoms with Crippen LogP contribution in [0.5, 0.6) is 0 Å². The zero-order valence-electron chi connectivity index (χ0n) is 23.7. The number of nitrogens with zero attached hydrogens (tertiary/aromatic N) is 4. The van der Waals surface area contributed by atoms with Gasteiger partial charge in [0.15, 0.2) is 0 Å². The van der Waals surface area contributed by atoms with E-state index in [0.717, 1.165) is 48.3 Å². The highest BCUT2D eigenvalue weighted by Crippen LogP contribution is 2.33. The van der Waals surface area contributed by atoms with Gasteiger partial charge >= 0.3 is 0 Å². The third-order valence-electron chi connectivity index (χ3n) is 8.02. The third-order valence-corrected chi connectivity index (χ3v) is 8.02. The van der Waals surface area contributed by atoms with Crippen LogP contribution in [0.2, 0.25) is 0 Å². The van der Waals surface area contributed by atoms with Gasteiger partial charge in [0.05, 0.1) is 13.1 Å². The average molecular weight is 525 g/mol. The summed E-state index contributed by atoms with van der Waals surface area (Å²) in [5.74, 6) is -0.00134.